The zero-order chi connectivity index (χ0) is 22.7. The molecule has 0 saturated carbocycles. The zero-order valence-electron chi connectivity index (χ0n) is 16.6. The van der Waals surface area contributed by atoms with E-state index in [1.165, 1.54) is 34.8 Å². The van der Waals surface area contributed by atoms with Crippen molar-refractivity contribution in [2.75, 3.05) is 17.7 Å². The largest absolute Gasteiger partial charge is 0.462 e. The Morgan fingerprint density at radius 3 is 2.75 bits per heavy atom. The third kappa shape index (κ3) is 4.74. The Bertz CT molecular complexity index is 1340. The molecule has 4 aromatic rings. The number of hydrogen-bond donors (Lipinski definition) is 2. The van der Waals surface area contributed by atoms with Gasteiger partial charge in [0.25, 0.3) is 5.56 Å². The maximum atomic E-state index is 13.2. The number of hydrogen-bond acceptors (Lipinski definition) is 8. The van der Waals surface area contributed by atoms with Gasteiger partial charge in [-0.3, -0.25) is 9.59 Å². The molecule has 164 valence electrons. The van der Waals surface area contributed by atoms with E-state index < -0.39 is 5.97 Å². The van der Waals surface area contributed by atoms with Gasteiger partial charge in [0, 0.05) is 10.9 Å². The minimum atomic E-state index is -0.497. The second kappa shape index (κ2) is 9.63. The van der Waals surface area contributed by atoms with Crippen LogP contribution < -0.4 is 10.9 Å². The Labute approximate surface area is 193 Å². The molecule has 0 aliphatic heterocycles. The predicted molar refractivity (Wildman–Crippen MR) is 125 cm³/mol. The minimum absolute atomic E-state index is 0.00912. The lowest BCUT2D eigenvalue weighted by molar-refractivity contribution is -0.113. The molecular formula is C21H16FN3O4S3. The van der Waals surface area contributed by atoms with E-state index in [-0.39, 0.29) is 29.6 Å². The molecule has 7 nitrogen and oxygen atoms in total. The van der Waals surface area contributed by atoms with Crippen LogP contribution in [0.4, 0.5) is 9.39 Å². The number of aromatic amines is 1. The molecule has 2 N–H and O–H groups in total. The number of thiophene rings is 2. The van der Waals surface area contributed by atoms with Crippen molar-refractivity contribution in [2.45, 2.75) is 12.1 Å². The molecule has 0 saturated heterocycles. The average molecular weight is 490 g/mol. The van der Waals surface area contributed by atoms with Gasteiger partial charge in [0.2, 0.25) is 5.91 Å². The fraction of sp³-hybridized carbons (Fsp3) is 0.143. The van der Waals surface area contributed by atoms with Crippen molar-refractivity contribution in [1.82, 2.24) is 9.97 Å². The molecule has 3 heterocycles. The summed E-state index contributed by atoms with van der Waals surface area (Å²) in [4.78, 5) is 44.6. The lowest BCUT2D eigenvalue weighted by atomic mass is 10.1. The van der Waals surface area contributed by atoms with E-state index in [1.807, 2.05) is 0 Å². The Hall–Kier alpha value is -3.02. The van der Waals surface area contributed by atoms with E-state index in [0.29, 0.717) is 31.5 Å². The van der Waals surface area contributed by atoms with Crippen molar-refractivity contribution >= 4 is 61.5 Å². The number of nitrogens with zero attached hydrogens (tertiary/aromatic N) is 1. The van der Waals surface area contributed by atoms with Gasteiger partial charge < -0.3 is 15.0 Å². The van der Waals surface area contributed by atoms with E-state index in [1.54, 1.807) is 35.9 Å². The standard InChI is InChI=1S/C21H16FN3O4S3/c1-2-29-20(28)13-7-8-30-18(13)23-15(26)10-32-21-24-17(27)16-14(9-31-19(16)25-21)11-3-5-12(22)6-4-11/h3-9H,2,10H2,1H3,(H,23,26)(H,24,25,27). The average Bonchev–Trinajstić information content (AvgIpc) is 3.40. The van der Waals surface area contributed by atoms with Crippen LogP contribution in [0.2, 0.25) is 0 Å². The smallest absolute Gasteiger partial charge is 0.341 e. The number of esters is 1. The molecule has 4 rings (SSSR count). The summed E-state index contributed by atoms with van der Waals surface area (Å²) in [5.41, 5.74) is 1.37. The Kier molecular flexibility index (Phi) is 6.68. The molecule has 0 bridgehead atoms. The lowest BCUT2D eigenvalue weighted by Gasteiger charge is -2.06. The van der Waals surface area contributed by atoms with Crippen molar-refractivity contribution in [3.05, 3.63) is 62.8 Å². The summed E-state index contributed by atoms with van der Waals surface area (Å²) in [6, 6.07) is 7.49. The van der Waals surface area contributed by atoms with Gasteiger partial charge in [0.1, 0.15) is 15.6 Å². The summed E-state index contributed by atoms with van der Waals surface area (Å²) in [6.07, 6.45) is 0. The summed E-state index contributed by atoms with van der Waals surface area (Å²) in [5, 5.41) is 7.33. The first-order chi connectivity index (χ1) is 15.5. The molecule has 0 atom stereocenters. The molecule has 0 radical (unpaired) electrons. The van der Waals surface area contributed by atoms with Crippen molar-refractivity contribution in [3.8, 4) is 11.1 Å². The van der Waals surface area contributed by atoms with Gasteiger partial charge in [-0.15, -0.1) is 22.7 Å². The molecule has 0 fully saturated rings. The second-order valence-corrected chi connectivity index (χ2v) is 9.17. The number of thioether (sulfide) groups is 1. The fourth-order valence-electron chi connectivity index (χ4n) is 2.91. The summed E-state index contributed by atoms with van der Waals surface area (Å²) in [6.45, 7) is 1.95. The molecular weight excluding hydrogens is 473 g/mol. The Morgan fingerprint density at radius 2 is 2.00 bits per heavy atom. The molecule has 0 aliphatic carbocycles. The number of halogens is 1. The first-order valence-corrected chi connectivity index (χ1v) is 12.2. The van der Waals surface area contributed by atoms with Crippen molar-refractivity contribution in [1.29, 1.82) is 0 Å². The van der Waals surface area contributed by atoms with Crippen LogP contribution in [0.3, 0.4) is 0 Å². The minimum Gasteiger partial charge on any atom is -0.462 e. The van der Waals surface area contributed by atoms with Crippen LogP contribution in [0.25, 0.3) is 21.3 Å². The van der Waals surface area contributed by atoms with Crippen LogP contribution in [0.1, 0.15) is 17.3 Å². The topological polar surface area (TPSA) is 101 Å². The molecule has 1 aromatic carbocycles. The number of H-pyrrole nitrogens is 1. The Morgan fingerprint density at radius 1 is 1.22 bits per heavy atom. The maximum Gasteiger partial charge on any atom is 0.341 e. The van der Waals surface area contributed by atoms with Crippen LogP contribution in [0.5, 0.6) is 0 Å². The number of fused-ring (bicyclic) bond motifs is 1. The highest BCUT2D eigenvalue weighted by molar-refractivity contribution is 7.99. The number of amides is 1. The van der Waals surface area contributed by atoms with E-state index >= 15 is 0 Å². The normalized spacial score (nSPS) is 10.9. The lowest BCUT2D eigenvalue weighted by Crippen LogP contribution is -2.17. The third-order valence-corrected chi connectivity index (χ3v) is 6.91. The van der Waals surface area contributed by atoms with Crippen LogP contribution >= 0.6 is 34.4 Å². The fourth-order valence-corrected chi connectivity index (χ4v) is 5.37. The highest BCUT2D eigenvalue weighted by Crippen LogP contribution is 2.31. The first kappa shape index (κ1) is 22.2. The molecule has 32 heavy (non-hydrogen) atoms. The maximum absolute atomic E-state index is 13.2. The van der Waals surface area contributed by atoms with Gasteiger partial charge >= 0.3 is 5.97 Å². The molecule has 0 spiro atoms. The number of nitrogens with one attached hydrogen (secondary N) is 2. The first-order valence-electron chi connectivity index (χ1n) is 9.41. The number of ether oxygens (including phenoxy) is 1. The second-order valence-electron chi connectivity index (χ2n) is 6.43. The van der Waals surface area contributed by atoms with Crippen LogP contribution in [-0.2, 0) is 9.53 Å². The molecule has 1 amide bonds. The van der Waals surface area contributed by atoms with Crippen molar-refractivity contribution in [3.63, 3.8) is 0 Å². The van der Waals surface area contributed by atoms with E-state index in [9.17, 15) is 18.8 Å². The van der Waals surface area contributed by atoms with Crippen LogP contribution in [0.15, 0.2) is 51.0 Å². The summed E-state index contributed by atoms with van der Waals surface area (Å²) in [7, 11) is 0. The number of carbonyl (C=O) groups excluding carboxylic acids is 2. The number of rotatable bonds is 7. The van der Waals surface area contributed by atoms with Crippen LogP contribution in [0, 0.1) is 5.82 Å². The molecule has 3 aromatic heterocycles. The SMILES string of the molecule is CCOC(=O)c1ccsc1NC(=O)CSc1nc2scc(-c3ccc(F)cc3)c2c(=O)[nH]1. The third-order valence-electron chi connectivity index (χ3n) is 4.33. The summed E-state index contributed by atoms with van der Waals surface area (Å²) >= 11 is 3.60. The number of carbonyl (C=O) groups is 2. The summed E-state index contributed by atoms with van der Waals surface area (Å²) < 4.78 is 18.2. The highest BCUT2D eigenvalue weighted by Gasteiger charge is 2.17. The van der Waals surface area contributed by atoms with Gasteiger partial charge in [-0.1, -0.05) is 23.9 Å². The van der Waals surface area contributed by atoms with Gasteiger partial charge in [-0.25, -0.2) is 14.2 Å². The zero-order valence-corrected chi connectivity index (χ0v) is 19.1. The highest BCUT2D eigenvalue weighted by atomic mass is 32.2. The Balaban J connectivity index is 1.47. The van der Waals surface area contributed by atoms with E-state index in [2.05, 4.69) is 15.3 Å². The van der Waals surface area contributed by atoms with E-state index in [4.69, 9.17) is 4.74 Å². The van der Waals surface area contributed by atoms with Gasteiger partial charge in [0.15, 0.2) is 5.16 Å². The molecule has 11 heteroatoms. The molecule has 0 unspecified atom stereocenters. The monoisotopic (exact) mass is 489 g/mol. The predicted octanol–water partition coefficient (Wildman–Crippen LogP) is 4.76. The van der Waals surface area contributed by atoms with Gasteiger partial charge in [-0.2, -0.15) is 0 Å². The number of aromatic nitrogens is 2. The van der Waals surface area contributed by atoms with E-state index in [0.717, 1.165) is 17.3 Å². The van der Waals surface area contributed by atoms with Gasteiger partial charge in [-0.05, 0) is 36.1 Å². The molecule has 0 aliphatic rings. The van der Waals surface area contributed by atoms with Gasteiger partial charge in [0.05, 0.1) is 23.3 Å². The van der Waals surface area contributed by atoms with Crippen LogP contribution in [-0.4, -0.2) is 34.2 Å². The quantitative estimate of drug-likeness (QED) is 0.221. The summed E-state index contributed by atoms with van der Waals surface area (Å²) in [5.74, 6) is -1.20. The van der Waals surface area contributed by atoms with Crippen molar-refractivity contribution in [2.24, 2.45) is 0 Å². The number of anilines is 1. The van der Waals surface area contributed by atoms with Crippen molar-refractivity contribution < 1.29 is 18.7 Å². The number of benzene rings is 1.